The van der Waals surface area contributed by atoms with Crippen molar-refractivity contribution in [3.05, 3.63) is 27.7 Å². The molecular weight excluding hydrogens is 265 g/mol. The molecule has 0 aliphatic carbocycles. The number of hydrogen-bond donors (Lipinski definition) is 2. The zero-order valence-electron chi connectivity index (χ0n) is 8.09. The second kappa shape index (κ2) is 5.01. The van der Waals surface area contributed by atoms with E-state index in [2.05, 4.69) is 21.2 Å². The van der Waals surface area contributed by atoms with Crippen LogP contribution in [0.4, 0.5) is 5.69 Å². The molecule has 1 aromatic carbocycles. The van der Waals surface area contributed by atoms with Crippen LogP contribution in [0.25, 0.3) is 0 Å². The fraction of sp³-hybridized carbons (Fsp3) is 0.400. The van der Waals surface area contributed by atoms with Crippen molar-refractivity contribution in [3.8, 4) is 0 Å². The predicted molar refractivity (Wildman–Crippen MR) is 63.9 cm³/mol. The minimum Gasteiger partial charge on any atom is -0.391 e. The van der Waals surface area contributed by atoms with Crippen LogP contribution in [0, 0.1) is 0 Å². The summed E-state index contributed by atoms with van der Waals surface area (Å²) in [6.07, 6.45) is -0.408. The van der Waals surface area contributed by atoms with Crippen molar-refractivity contribution in [2.45, 2.75) is 26.0 Å². The number of nitrogens with one attached hydrogen (secondary N) is 1. The molecule has 0 aliphatic heterocycles. The van der Waals surface area contributed by atoms with Gasteiger partial charge in [-0.3, -0.25) is 0 Å². The van der Waals surface area contributed by atoms with E-state index < -0.39 is 6.10 Å². The summed E-state index contributed by atoms with van der Waals surface area (Å²) in [6, 6.07) is 5.58. The average molecular weight is 279 g/mol. The van der Waals surface area contributed by atoms with Gasteiger partial charge >= 0.3 is 0 Å². The van der Waals surface area contributed by atoms with E-state index in [9.17, 15) is 5.11 Å². The molecule has 0 aromatic heterocycles. The molecule has 2 nitrogen and oxygen atoms in total. The van der Waals surface area contributed by atoms with Gasteiger partial charge in [0.05, 0.1) is 16.8 Å². The van der Waals surface area contributed by atoms with Crippen LogP contribution in [-0.4, -0.2) is 17.3 Å². The van der Waals surface area contributed by atoms with Crippen molar-refractivity contribution < 1.29 is 5.11 Å². The Morgan fingerprint density at radius 3 is 2.57 bits per heavy atom. The molecule has 2 unspecified atom stereocenters. The molecule has 0 spiro atoms. The summed E-state index contributed by atoms with van der Waals surface area (Å²) in [5.41, 5.74) is 0.836. The van der Waals surface area contributed by atoms with Gasteiger partial charge in [-0.05, 0) is 32.0 Å². The molecule has 4 heteroatoms. The Hall–Kier alpha value is -0.250. The van der Waals surface area contributed by atoms with Gasteiger partial charge in [-0.25, -0.2) is 0 Å². The predicted octanol–water partition coefficient (Wildman–Crippen LogP) is 3.28. The Balaban J connectivity index is 2.77. The lowest BCUT2D eigenvalue weighted by atomic mass is 10.2. The van der Waals surface area contributed by atoms with E-state index in [0.717, 1.165) is 10.2 Å². The van der Waals surface area contributed by atoms with Crippen LogP contribution >= 0.6 is 27.5 Å². The first-order chi connectivity index (χ1) is 6.50. The summed E-state index contributed by atoms with van der Waals surface area (Å²) in [5.74, 6) is 0. The fourth-order valence-electron chi connectivity index (χ4n) is 0.972. The van der Waals surface area contributed by atoms with Crippen LogP contribution in [0.1, 0.15) is 13.8 Å². The molecule has 0 radical (unpaired) electrons. The summed E-state index contributed by atoms with van der Waals surface area (Å²) in [7, 11) is 0. The average Bonchev–Trinajstić information content (AvgIpc) is 2.09. The third-order valence-electron chi connectivity index (χ3n) is 2.04. The number of aliphatic hydroxyl groups excluding tert-OH is 1. The summed E-state index contributed by atoms with van der Waals surface area (Å²) in [6.45, 7) is 3.65. The topological polar surface area (TPSA) is 32.3 Å². The van der Waals surface area contributed by atoms with E-state index in [-0.39, 0.29) is 6.04 Å². The number of anilines is 1. The lowest BCUT2D eigenvalue weighted by Gasteiger charge is -2.18. The van der Waals surface area contributed by atoms with Gasteiger partial charge in [-0.2, -0.15) is 0 Å². The minimum atomic E-state index is -0.408. The maximum Gasteiger partial charge on any atom is 0.0710 e. The quantitative estimate of drug-likeness (QED) is 0.889. The molecule has 1 rings (SSSR count). The zero-order valence-corrected chi connectivity index (χ0v) is 10.4. The van der Waals surface area contributed by atoms with Crippen LogP contribution in [-0.2, 0) is 0 Å². The molecule has 0 saturated carbocycles. The fourth-order valence-corrected chi connectivity index (χ4v) is 1.70. The number of halogens is 2. The molecule has 1 aromatic rings. The molecule has 0 fully saturated rings. The zero-order chi connectivity index (χ0) is 10.7. The normalized spacial score (nSPS) is 14.9. The van der Waals surface area contributed by atoms with Gasteiger partial charge in [0, 0.05) is 10.5 Å². The first kappa shape index (κ1) is 11.8. The third-order valence-corrected chi connectivity index (χ3v) is 2.84. The first-order valence-corrected chi connectivity index (χ1v) is 5.57. The summed E-state index contributed by atoms with van der Waals surface area (Å²) >= 11 is 9.33. The van der Waals surface area contributed by atoms with Crippen LogP contribution in [0.5, 0.6) is 0 Å². The lowest BCUT2D eigenvalue weighted by molar-refractivity contribution is 0.178. The molecular formula is C10H13BrClNO. The Bertz CT molecular complexity index is 317. The molecule has 14 heavy (non-hydrogen) atoms. The maximum absolute atomic E-state index is 9.31. The van der Waals surface area contributed by atoms with Crippen molar-refractivity contribution in [2.24, 2.45) is 0 Å². The summed E-state index contributed by atoms with van der Waals surface area (Å²) < 4.78 is 0.942. The van der Waals surface area contributed by atoms with E-state index >= 15 is 0 Å². The van der Waals surface area contributed by atoms with Crippen molar-refractivity contribution in [3.63, 3.8) is 0 Å². The summed E-state index contributed by atoms with van der Waals surface area (Å²) in [4.78, 5) is 0. The number of aliphatic hydroxyl groups is 1. The Labute approximate surface area is 97.4 Å². The summed E-state index contributed by atoms with van der Waals surface area (Å²) in [5, 5.41) is 13.1. The molecule has 0 bridgehead atoms. The van der Waals surface area contributed by atoms with E-state index in [1.54, 1.807) is 6.92 Å². The highest BCUT2D eigenvalue weighted by molar-refractivity contribution is 9.10. The number of benzene rings is 1. The Kier molecular flexibility index (Phi) is 4.23. The molecule has 78 valence electrons. The number of rotatable bonds is 3. The lowest BCUT2D eigenvalue weighted by Crippen LogP contribution is -2.27. The van der Waals surface area contributed by atoms with Gasteiger partial charge in [0.1, 0.15) is 0 Å². The Morgan fingerprint density at radius 1 is 1.43 bits per heavy atom. The van der Waals surface area contributed by atoms with Crippen LogP contribution in [0.2, 0.25) is 5.02 Å². The highest BCUT2D eigenvalue weighted by atomic mass is 79.9. The monoisotopic (exact) mass is 277 g/mol. The van der Waals surface area contributed by atoms with Crippen molar-refractivity contribution >= 4 is 33.2 Å². The van der Waals surface area contributed by atoms with Gasteiger partial charge in [0.25, 0.3) is 0 Å². The molecule has 2 atom stereocenters. The smallest absolute Gasteiger partial charge is 0.0710 e. The SMILES string of the molecule is CC(O)C(C)Nc1ccc(Br)cc1Cl. The first-order valence-electron chi connectivity index (χ1n) is 4.40. The largest absolute Gasteiger partial charge is 0.391 e. The third kappa shape index (κ3) is 3.15. The van der Waals surface area contributed by atoms with Crippen molar-refractivity contribution in [1.82, 2.24) is 0 Å². The molecule has 0 heterocycles. The van der Waals surface area contributed by atoms with Crippen LogP contribution < -0.4 is 5.32 Å². The van der Waals surface area contributed by atoms with Gasteiger partial charge in [0.15, 0.2) is 0 Å². The minimum absolute atomic E-state index is 0.0197. The van der Waals surface area contributed by atoms with Crippen molar-refractivity contribution in [1.29, 1.82) is 0 Å². The highest BCUT2D eigenvalue weighted by Crippen LogP contribution is 2.26. The molecule has 0 saturated heterocycles. The standard InChI is InChI=1S/C10H13BrClNO/c1-6(7(2)14)13-10-4-3-8(11)5-9(10)12/h3-7,13-14H,1-2H3. The Morgan fingerprint density at radius 2 is 2.07 bits per heavy atom. The van der Waals surface area contributed by atoms with E-state index in [1.165, 1.54) is 0 Å². The van der Waals surface area contributed by atoms with Crippen LogP contribution in [0.3, 0.4) is 0 Å². The second-order valence-corrected chi connectivity index (χ2v) is 4.62. The van der Waals surface area contributed by atoms with Gasteiger partial charge in [-0.15, -0.1) is 0 Å². The second-order valence-electron chi connectivity index (χ2n) is 3.30. The highest BCUT2D eigenvalue weighted by Gasteiger charge is 2.09. The van der Waals surface area contributed by atoms with Crippen LogP contribution in [0.15, 0.2) is 22.7 Å². The molecule has 0 amide bonds. The maximum atomic E-state index is 9.31. The van der Waals surface area contributed by atoms with Gasteiger partial charge < -0.3 is 10.4 Å². The van der Waals surface area contributed by atoms with Crippen molar-refractivity contribution in [2.75, 3.05) is 5.32 Å². The van der Waals surface area contributed by atoms with E-state index in [1.807, 2.05) is 25.1 Å². The number of hydrogen-bond acceptors (Lipinski definition) is 2. The van der Waals surface area contributed by atoms with E-state index in [0.29, 0.717) is 5.02 Å². The van der Waals surface area contributed by atoms with Gasteiger partial charge in [-0.1, -0.05) is 27.5 Å². The van der Waals surface area contributed by atoms with Gasteiger partial charge in [0.2, 0.25) is 0 Å². The van der Waals surface area contributed by atoms with E-state index in [4.69, 9.17) is 11.6 Å². The molecule has 2 N–H and O–H groups in total. The molecule has 0 aliphatic rings.